The lowest BCUT2D eigenvalue weighted by molar-refractivity contribution is -0.139. The molecule has 1 unspecified atom stereocenters. The molecule has 0 amide bonds. The molecule has 1 fully saturated rings. The van der Waals surface area contributed by atoms with Crippen molar-refractivity contribution in [3.8, 4) is 0 Å². The van der Waals surface area contributed by atoms with Crippen LogP contribution in [0.15, 0.2) is 0 Å². The summed E-state index contributed by atoms with van der Waals surface area (Å²) in [7, 11) is 0. The maximum absolute atomic E-state index is 10.4. The molecule has 1 heterocycles. The number of carboxylic acids is 1. The van der Waals surface area contributed by atoms with Crippen LogP contribution < -0.4 is 10.6 Å². The normalized spacial score (nSPS) is 22.8. The van der Waals surface area contributed by atoms with Crippen molar-refractivity contribution in [1.29, 1.82) is 0 Å². The SMILES string of the molecule is Br.Br.O=C(O)C1CNCCCN1. The summed E-state index contributed by atoms with van der Waals surface area (Å²) >= 11 is 0. The van der Waals surface area contributed by atoms with Crippen molar-refractivity contribution in [3.63, 3.8) is 0 Å². The lowest BCUT2D eigenvalue weighted by atomic mass is 10.3. The minimum Gasteiger partial charge on any atom is -0.480 e. The van der Waals surface area contributed by atoms with Gasteiger partial charge in [0.25, 0.3) is 0 Å². The summed E-state index contributed by atoms with van der Waals surface area (Å²) in [5.41, 5.74) is 0. The first-order valence-corrected chi connectivity index (χ1v) is 3.47. The van der Waals surface area contributed by atoms with Gasteiger partial charge in [-0.3, -0.25) is 4.79 Å². The molecule has 1 aliphatic rings. The molecule has 0 aliphatic carbocycles. The maximum atomic E-state index is 10.4. The van der Waals surface area contributed by atoms with Crippen LogP contribution >= 0.6 is 34.0 Å². The first kappa shape index (κ1) is 14.9. The summed E-state index contributed by atoms with van der Waals surface area (Å²) < 4.78 is 0. The highest BCUT2D eigenvalue weighted by atomic mass is 79.9. The van der Waals surface area contributed by atoms with Crippen LogP contribution in [-0.4, -0.2) is 36.8 Å². The van der Waals surface area contributed by atoms with E-state index in [0.29, 0.717) is 6.54 Å². The third-order valence-corrected chi connectivity index (χ3v) is 1.57. The molecule has 1 rings (SSSR count). The van der Waals surface area contributed by atoms with E-state index >= 15 is 0 Å². The number of carboxylic acid groups (broad SMARTS) is 1. The first-order chi connectivity index (χ1) is 4.80. The van der Waals surface area contributed by atoms with Gasteiger partial charge in [0.15, 0.2) is 0 Å². The Kier molecular flexibility index (Phi) is 9.87. The molecule has 6 heteroatoms. The fourth-order valence-electron chi connectivity index (χ4n) is 0.983. The molecule has 0 aromatic rings. The van der Waals surface area contributed by atoms with Crippen LogP contribution in [0.4, 0.5) is 0 Å². The molecule has 0 radical (unpaired) electrons. The second kappa shape index (κ2) is 7.97. The van der Waals surface area contributed by atoms with Gasteiger partial charge in [0.2, 0.25) is 0 Å². The van der Waals surface area contributed by atoms with E-state index in [-0.39, 0.29) is 34.0 Å². The summed E-state index contributed by atoms with van der Waals surface area (Å²) in [5, 5.41) is 14.5. The Morgan fingerprint density at radius 2 is 2.00 bits per heavy atom. The van der Waals surface area contributed by atoms with Gasteiger partial charge < -0.3 is 15.7 Å². The van der Waals surface area contributed by atoms with Crippen molar-refractivity contribution in [2.45, 2.75) is 12.5 Å². The minimum atomic E-state index is -0.769. The predicted octanol–water partition coefficient (Wildman–Crippen LogP) is 0.178. The molecule has 1 atom stereocenters. The molecule has 1 aliphatic heterocycles. The molecular weight excluding hydrogens is 292 g/mol. The Balaban J connectivity index is 0. The predicted molar refractivity (Wildman–Crippen MR) is 57.6 cm³/mol. The Labute approximate surface area is 92.6 Å². The van der Waals surface area contributed by atoms with Gasteiger partial charge in [-0.15, -0.1) is 34.0 Å². The summed E-state index contributed by atoms with van der Waals surface area (Å²) in [5.74, 6) is -0.769. The van der Waals surface area contributed by atoms with Gasteiger partial charge in [-0.05, 0) is 19.5 Å². The van der Waals surface area contributed by atoms with Crippen LogP contribution in [0, 0.1) is 0 Å². The van der Waals surface area contributed by atoms with Gasteiger partial charge in [0.1, 0.15) is 6.04 Å². The standard InChI is InChI=1S/C6H12N2O2.2BrH/c9-6(10)5-4-7-2-1-3-8-5;;/h5,7-8H,1-4H2,(H,9,10);2*1H. The molecule has 0 aromatic heterocycles. The number of carbonyl (C=O) groups is 1. The van der Waals surface area contributed by atoms with Crippen molar-refractivity contribution in [1.82, 2.24) is 10.6 Å². The monoisotopic (exact) mass is 304 g/mol. The van der Waals surface area contributed by atoms with E-state index in [1.54, 1.807) is 0 Å². The lowest BCUT2D eigenvalue weighted by Gasteiger charge is -2.08. The molecule has 12 heavy (non-hydrogen) atoms. The Morgan fingerprint density at radius 1 is 1.33 bits per heavy atom. The molecule has 0 saturated carbocycles. The average Bonchev–Trinajstić information content (AvgIpc) is 2.12. The summed E-state index contributed by atoms with van der Waals surface area (Å²) in [4.78, 5) is 10.4. The number of rotatable bonds is 1. The van der Waals surface area contributed by atoms with Crippen LogP contribution in [0.1, 0.15) is 6.42 Å². The van der Waals surface area contributed by atoms with E-state index in [1.807, 2.05) is 0 Å². The van der Waals surface area contributed by atoms with Gasteiger partial charge >= 0.3 is 5.97 Å². The summed E-state index contributed by atoms with van der Waals surface area (Å²) in [6, 6.07) is -0.400. The van der Waals surface area contributed by atoms with E-state index in [4.69, 9.17) is 5.11 Å². The van der Waals surface area contributed by atoms with Crippen molar-refractivity contribution < 1.29 is 9.90 Å². The smallest absolute Gasteiger partial charge is 0.322 e. The zero-order valence-electron chi connectivity index (χ0n) is 6.58. The van der Waals surface area contributed by atoms with Gasteiger partial charge in [-0.2, -0.15) is 0 Å². The number of aliphatic carboxylic acids is 1. The highest BCUT2D eigenvalue weighted by molar-refractivity contribution is 8.93. The molecular formula is C6H14Br2N2O2. The second-order valence-corrected chi connectivity index (χ2v) is 2.40. The summed E-state index contributed by atoms with van der Waals surface area (Å²) in [6.45, 7) is 2.25. The molecule has 0 bridgehead atoms. The largest absolute Gasteiger partial charge is 0.480 e. The third-order valence-electron chi connectivity index (χ3n) is 1.57. The Hall–Kier alpha value is 0.350. The fourth-order valence-corrected chi connectivity index (χ4v) is 0.983. The minimum absolute atomic E-state index is 0. The van der Waals surface area contributed by atoms with Crippen molar-refractivity contribution >= 4 is 39.9 Å². The highest BCUT2D eigenvalue weighted by Crippen LogP contribution is 1.88. The first-order valence-electron chi connectivity index (χ1n) is 3.47. The van der Waals surface area contributed by atoms with E-state index in [9.17, 15) is 4.79 Å². The fraction of sp³-hybridized carbons (Fsp3) is 0.833. The molecule has 3 N–H and O–H groups in total. The molecule has 0 spiro atoms. The molecule has 1 saturated heterocycles. The van der Waals surface area contributed by atoms with Crippen molar-refractivity contribution in [2.75, 3.05) is 19.6 Å². The van der Waals surface area contributed by atoms with Crippen molar-refractivity contribution in [3.05, 3.63) is 0 Å². The van der Waals surface area contributed by atoms with E-state index in [2.05, 4.69) is 10.6 Å². The lowest BCUT2D eigenvalue weighted by Crippen LogP contribution is -2.41. The van der Waals surface area contributed by atoms with Crippen LogP contribution in [0.3, 0.4) is 0 Å². The quantitative estimate of drug-likeness (QED) is 0.647. The topological polar surface area (TPSA) is 61.4 Å². The Morgan fingerprint density at radius 3 is 2.58 bits per heavy atom. The van der Waals surface area contributed by atoms with Crippen LogP contribution in [0.25, 0.3) is 0 Å². The average molecular weight is 306 g/mol. The summed E-state index contributed by atoms with van der Waals surface area (Å²) in [6.07, 6.45) is 1.00. The maximum Gasteiger partial charge on any atom is 0.322 e. The van der Waals surface area contributed by atoms with E-state index in [0.717, 1.165) is 19.5 Å². The molecule has 4 nitrogen and oxygen atoms in total. The van der Waals surface area contributed by atoms with Gasteiger partial charge in [-0.25, -0.2) is 0 Å². The third kappa shape index (κ3) is 5.08. The van der Waals surface area contributed by atoms with Gasteiger partial charge in [0.05, 0.1) is 0 Å². The van der Waals surface area contributed by atoms with Gasteiger partial charge in [-0.1, -0.05) is 0 Å². The van der Waals surface area contributed by atoms with E-state index < -0.39 is 12.0 Å². The van der Waals surface area contributed by atoms with Gasteiger partial charge in [0, 0.05) is 6.54 Å². The Bertz CT molecular complexity index is 127. The number of hydrogen-bond acceptors (Lipinski definition) is 3. The van der Waals surface area contributed by atoms with Crippen LogP contribution in [0.2, 0.25) is 0 Å². The number of nitrogens with one attached hydrogen (secondary N) is 2. The number of hydrogen-bond donors (Lipinski definition) is 3. The molecule has 0 aromatic carbocycles. The molecule has 74 valence electrons. The highest BCUT2D eigenvalue weighted by Gasteiger charge is 2.17. The van der Waals surface area contributed by atoms with E-state index in [1.165, 1.54) is 0 Å². The van der Waals surface area contributed by atoms with Crippen molar-refractivity contribution in [2.24, 2.45) is 0 Å². The second-order valence-electron chi connectivity index (χ2n) is 2.40. The van der Waals surface area contributed by atoms with Crippen LogP contribution in [-0.2, 0) is 4.79 Å². The zero-order chi connectivity index (χ0) is 7.40. The van der Waals surface area contributed by atoms with Crippen LogP contribution in [0.5, 0.6) is 0 Å². The zero-order valence-corrected chi connectivity index (χ0v) is 10.0. The number of halogens is 2.